The van der Waals surface area contributed by atoms with Gasteiger partial charge in [-0.05, 0) is 43.7 Å². The molecular weight excluding hydrogens is 383 g/mol. The lowest BCUT2D eigenvalue weighted by atomic mass is 9.99. The highest BCUT2D eigenvalue weighted by atomic mass is 19.1. The number of rotatable bonds is 7. The molecule has 0 radical (unpaired) electrons. The Bertz CT molecular complexity index is 977. The van der Waals surface area contributed by atoms with Crippen LogP contribution in [0.15, 0.2) is 67.3 Å². The molecule has 1 N–H and O–H groups in total. The van der Waals surface area contributed by atoms with Gasteiger partial charge in [0.1, 0.15) is 0 Å². The van der Waals surface area contributed by atoms with E-state index in [1.165, 1.54) is 6.07 Å². The highest BCUT2D eigenvalue weighted by molar-refractivity contribution is 5.94. The number of piperidine rings is 1. The smallest absolute Gasteiger partial charge is 0.238 e. The third-order valence-corrected chi connectivity index (χ3v) is 5.24. The van der Waals surface area contributed by atoms with E-state index in [-0.39, 0.29) is 23.4 Å². The Hall–Kier alpha value is -3.19. The van der Waals surface area contributed by atoms with Crippen LogP contribution in [0.25, 0.3) is 5.69 Å². The van der Waals surface area contributed by atoms with Gasteiger partial charge in [0.05, 0.1) is 30.9 Å². The number of nitrogens with one attached hydrogen (secondary N) is 1. The number of amides is 1. The number of likely N-dealkylation sites (tertiary alicyclic amines) is 1. The number of aromatic nitrogens is 2. The second-order valence-corrected chi connectivity index (χ2v) is 7.52. The SMILES string of the molecule is O=C(CN1CCCC(COc2ccccc2F)C1)Nc1ccccc1-n1ccnc1. The third kappa shape index (κ3) is 5.04. The fraction of sp³-hybridized carbons (Fsp3) is 0.304. The second-order valence-electron chi connectivity index (χ2n) is 7.52. The van der Waals surface area contributed by atoms with E-state index in [2.05, 4.69) is 15.2 Å². The van der Waals surface area contributed by atoms with Crippen LogP contribution < -0.4 is 10.1 Å². The van der Waals surface area contributed by atoms with E-state index in [0.717, 1.165) is 37.3 Å². The van der Waals surface area contributed by atoms with Crippen LogP contribution in [-0.4, -0.2) is 46.6 Å². The summed E-state index contributed by atoms with van der Waals surface area (Å²) in [5.41, 5.74) is 1.62. The first-order valence-electron chi connectivity index (χ1n) is 10.2. The molecule has 30 heavy (non-hydrogen) atoms. The number of halogens is 1. The van der Waals surface area contributed by atoms with Gasteiger partial charge in [-0.3, -0.25) is 9.69 Å². The van der Waals surface area contributed by atoms with Crippen LogP contribution in [0.2, 0.25) is 0 Å². The monoisotopic (exact) mass is 408 g/mol. The summed E-state index contributed by atoms with van der Waals surface area (Å²) in [6.07, 6.45) is 7.25. The normalized spacial score (nSPS) is 16.9. The molecule has 156 valence electrons. The van der Waals surface area contributed by atoms with Gasteiger partial charge in [-0.25, -0.2) is 9.37 Å². The number of benzene rings is 2. The van der Waals surface area contributed by atoms with E-state index in [9.17, 15) is 9.18 Å². The average molecular weight is 408 g/mol. The maximum absolute atomic E-state index is 13.7. The van der Waals surface area contributed by atoms with E-state index in [1.54, 1.807) is 30.7 Å². The molecule has 1 saturated heterocycles. The van der Waals surface area contributed by atoms with Gasteiger partial charge in [-0.15, -0.1) is 0 Å². The number of hydrogen-bond acceptors (Lipinski definition) is 4. The molecular formula is C23H25FN4O2. The minimum Gasteiger partial charge on any atom is -0.490 e. The second kappa shape index (κ2) is 9.54. The van der Waals surface area contributed by atoms with Crippen LogP contribution in [0.5, 0.6) is 5.75 Å². The number of carbonyl (C=O) groups excluding carboxylic acids is 1. The fourth-order valence-electron chi connectivity index (χ4n) is 3.80. The maximum Gasteiger partial charge on any atom is 0.238 e. The standard InChI is InChI=1S/C23H25FN4O2/c24-19-7-1-4-10-22(19)30-16-18-6-5-12-27(14-18)15-23(29)26-20-8-2-3-9-21(20)28-13-11-25-17-28/h1-4,7-11,13,17-18H,5-6,12,14-16H2,(H,26,29). The third-order valence-electron chi connectivity index (χ3n) is 5.24. The Labute approximate surface area is 175 Å². The summed E-state index contributed by atoms with van der Waals surface area (Å²) in [6.45, 7) is 2.38. The molecule has 0 spiro atoms. The van der Waals surface area contributed by atoms with Gasteiger partial charge in [0, 0.05) is 24.9 Å². The molecule has 1 aliphatic rings. The summed E-state index contributed by atoms with van der Waals surface area (Å²) in [4.78, 5) is 18.9. The fourth-order valence-corrected chi connectivity index (χ4v) is 3.80. The van der Waals surface area contributed by atoms with Crippen molar-refractivity contribution in [1.29, 1.82) is 0 Å². The Kier molecular flexibility index (Phi) is 6.39. The minimum atomic E-state index is -0.346. The first-order chi connectivity index (χ1) is 14.7. The molecule has 0 saturated carbocycles. The van der Waals surface area contributed by atoms with Gasteiger partial charge < -0.3 is 14.6 Å². The molecule has 1 aromatic heterocycles. The summed E-state index contributed by atoms with van der Waals surface area (Å²) >= 11 is 0. The van der Waals surface area contributed by atoms with Crippen molar-refractivity contribution in [2.24, 2.45) is 5.92 Å². The van der Waals surface area contributed by atoms with Crippen molar-refractivity contribution in [3.05, 3.63) is 73.1 Å². The van der Waals surface area contributed by atoms with Gasteiger partial charge in [0.25, 0.3) is 0 Å². The Morgan fingerprint density at radius 3 is 2.87 bits per heavy atom. The number of anilines is 1. The molecule has 1 atom stereocenters. The lowest BCUT2D eigenvalue weighted by Crippen LogP contribution is -2.42. The molecule has 1 unspecified atom stereocenters. The zero-order valence-electron chi connectivity index (χ0n) is 16.7. The lowest BCUT2D eigenvalue weighted by molar-refractivity contribution is -0.117. The number of imidazole rings is 1. The first-order valence-corrected chi connectivity index (χ1v) is 10.2. The number of carbonyl (C=O) groups is 1. The summed E-state index contributed by atoms with van der Waals surface area (Å²) in [5, 5.41) is 3.02. The van der Waals surface area contributed by atoms with Crippen molar-refractivity contribution < 1.29 is 13.9 Å². The molecule has 2 aromatic carbocycles. The Balaban J connectivity index is 1.31. The molecule has 0 aliphatic carbocycles. The zero-order valence-corrected chi connectivity index (χ0v) is 16.7. The quantitative estimate of drug-likeness (QED) is 0.647. The van der Waals surface area contributed by atoms with Crippen LogP contribution >= 0.6 is 0 Å². The average Bonchev–Trinajstić information content (AvgIpc) is 3.28. The van der Waals surface area contributed by atoms with E-state index < -0.39 is 0 Å². The Morgan fingerprint density at radius 2 is 2.03 bits per heavy atom. The number of nitrogens with zero attached hydrogens (tertiary/aromatic N) is 3. The van der Waals surface area contributed by atoms with Gasteiger partial charge in [0.2, 0.25) is 5.91 Å². The largest absolute Gasteiger partial charge is 0.490 e. The number of para-hydroxylation sites is 3. The van der Waals surface area contributed by atoms with Crippen LogP contribution in [0.3, 0.4) is 0 Å². The van der Waals surface area contributed by atoms with Gasteiger partial charge in [-0.2, -0.15) is 0 Å². The highest BCUT2D eigenvalue weighted by Gasteiger charge is 2.23. The molecule has 0 bridgehead atoms. The van der Waals surface area contributed by atoms with E-state index >= 15 is 0 Å². The van der Waals surface area contributed by atoms with Crippen molar-refractivity contribution in [2.75, 3.05) is 31.6 Å². The van der Waals surface area contributed by atoms with Crippen molar-refractivity contribution in [1.82, 2.24) is 14.5 Å². The first kappa shape index (κ1) is 20.1. The van der Waals surface area contributed by atoms with E-state index in [4.69, 9.17) is 4.74 Å². The van der Waals surface area contributed by atoms with Gasteiger partial charge in [0.15, 0.2) is 11.6 Å². The van der Waals surface area contributed by atoms with Crippen molar-refractivity contribution >= 4 is 11.6 Å². The summed E-state index contributed by atoms with van der Waals surface area (Å²) in [7, 11) is 0. The van der Waals surface area contributed by atoms with E-state index in [1.807, 2.05) is 35.0 Å². The van der Waals surface area contributed by atoms with Crippen molar-refractivity contribution in [2.45, 2.75) is 12.8 Å². The summed E-state index contributed by atoms with van der Waals surface area (Å²) in [6, 6.07) is 14.1. The van der Waals surface area contributed by atoms with Crippen molar-refractivity contribution in [3.8, 4) is 11.4 Å². The molecule has 3 aromatic rings. The number of ether oxygens (including phenoxy) is 1. The van der Waals surface area contributed by atoms with Crippen LogP contribution in [0.1, 0.15) is 12.8 Å². The molecule has 1 amide bonds. The lowest BCUT2D eigenvalue weighted by Gasteiger charge is -2.32. The van der Waals surface area contributed by atoms with Crippen LogP contribution in [0.4, 0.5) is 10.1 Å². The zero-order chi connectivity index (χ0) is 20.8. The molecule has 1 aliphatic heterocycles. The van der Waals surface area contributed by atoms with Gasteiger partial charge >= 0.3 is 0 Å². The molecule has 2 heterocycles. The molecule has 1 fully saturated rings. The van der Waals surface area contributed by atoms with E-state index in [0.29, 0.717) is 13.2 Å². The predicted octanol–water partition coefficient (Wildman–Crippen LogP) is 3.74. The molecule has 4 rings (SSSR count). The number of hydrogen-bond donors (Lipinski definition) is 1. The van der Waals surface area contributed by atoms with Crippen LogP contribution in [-0.2, 0) is 4.79 Å². The summed E-state index contributed by atoms with van der Waals surface area (Å²) in [5.74, 6) is 0.146. The maximum atomic E-state index is 13.7. The molecule has 6 nitrogen and oxygen atoms in total. The van der Waals surface area contributed by atoms with Crippen molar-refractivity contribution in [3.63, 3.8) is 0 Å². The van der Waals surface area contributed by atoms with Gasteiger partial charge in [-0.1, -0.05) is 24.3 Å². The Morgan fingerprint density at radius 1 is 1.20 bits per heavy atom. The summed E-state index contributed by atoms with van der Waals surface area (Å²) < 4.78 is 21.3. The molecule has 7 heteroatoms. The highest BCUT2D eigenvalue weighted by Crippen LogP contribution is 2.22. The van der Waals surface area contributed by atoms with Crippen LogP contribution in [0, 0.1) is 11.7 Å². The minimum absolute atomic E-state index is 0.0572. The predicted molar refractivity (Wildman–Crippen MR) is 113 cm³/mol. The topological polar surface area (TPSA) is 59.4 Å².